The third-order valence-corrected chi connectivity index (χ3v) is 6.04. The van der Waals surface area contributed by atoms with Crippen LogP contribution in [-0.2, 0) is 17.6 Å². The highest BCUT2D eigenvalue weighted by molar-refractivity contribution is 7.99. The summed E-state index contributed by atoms with van der Waals surface area (Å²) >= 11 is 1.39. The van der Waals surface area contributed by atoms with E-state index in [9.17, 15) is 4.79 Å². The summed E-state index contributed by atoms with van der Waals surface area (Å²) < 4.78 is 0. The maximum atomic E-state index is 12.1. The summed E-state index contributed by atoms with van der Waals surface area (Å²) in [7, 11) is 0. The topological polar surface area (TPSA) is 86.5 Å². The van der Waals surface area contributed by atoms with Crippen molar-refractivity contribution in [1.29, 1.82) is 0 Å². The molecule has 0 unspecified atom stereocenters. The van der Waals surface area contributed by atoms with Crippen LogP contribution in [0, 0.1) is 5.92 Å². The molecule has 142 valence electrons. The predicted molar refractivity (Wildman–Crippen MR) is 108 cm³/mol. The molecule has 0 radical (unpaired) electrons. The number of benzene rings is 1. The molecule has 1 aliphatic rings. The Kier molecular flexibility index (Phi) is 5.77. The van der Waals surface area contributed by atoms with Crippen molar-refractivity contribution in [2.45, 2.75) is 43.7 Å². The number of para-hydroxylation sites is 1. The van der Waals surface area contributed by atoms with Crippen molar-refractivity contribution in [3.8, 4) is 0 Å². The van der Waals surface area contributed by atoms with Gasteiger partial charge in [0.05, 0.1) is 5.75 Å². The molecule has 0 atom stereocenters. The molecule has 0 bridgehead atoms. The Morgan fingerprint density at radius 1 is 1.26 bits per heavy atom. The first-order valence-electron chi connectivity index (χ1n) is 9.64. The Morgan fingerprint density at radius 2 is 2.11 bits per heavy atom. The highest BCUT2D eigenvalue weighted by atomic mass is 32.2. The summed E-state index contributed by atoms with van der Waals surface area (Å²) in [6.07, 6.45) is 9.06. The maximum Gasteiger partial charge on any atom is 0.230 e. The van der Waals surface area contributed by atoms with E-state index < -0.39 is 0 Å². The van der Waals surface area contributed by atoms with Gasteiger partial charge >= 0.3 is 0 Å². The molecule has 0 spiro atoms. The van der Waals surface area contributed by atoms with Gasteiger partial charge in [-0.2, -0.15) is 0 Å². The average molecular weight is 384 g/mol. The number of H-pyrrole nitrogens is 2. The third kappa shape index (κ3) is 4.71. The van der Waals surface area contributed by atoms with Crippen LogP contribution in [0.3, 0.4) is 0 Å². The quantitative estimate of drug-likeness (QED) is 0.520. The fourth-order valence-electron chi connectivity index (χ4n) is 3.78. The standard InChI is InChI=1S/C20H25N5OS/c26-19(21-10-9-15-12-22-17-8-4-3-7-16(15)17)13-27-20-23-18(24-25-20)11-14-5-1-2-6-14/h3-4,7-8,12,14,22H,1-2,5-6,9-11,13H2,(H,21,26)(H,23,24,25). The van der Waals surface area contributed by atoms with Gasteiger partial charge in [-0.25, -0.2) is 4.98 Å². The number of nitrogens with one attached hydrogen (secondary N) is 3. The third-order valence-electron chi connectivity index (χ3n) is 5.19. The first kappa shape index (κ1) is 18.1. The van der Waals surface area contributed by atoms with Crippen molar-refractivity contribution < 1.29 is 4.79 Å². The number of rotatable bonds is 8. The number of fused-ring (bicyclic) bond motifs is 1. The van der Waals surface area contributed by atoms with E-state index >= 15 is 0 Å². The normalized spacial score (nSPS) is 14.8. The van der Waals surface area contributed by atoms with Gasteiger partial charge in [-0.3, -0.25) is 9.89 Å². The van der Waals surface area contributed by atoms with Crippen molar-refractivity contribution in [2.24, 2.45) is 5.92 Å². The molecule has 2 aromatic heterocycles. The van der Waals surface area contributed by atoms with E-state index in [0.717, 1.165) is 30.1 Å². The fraction of sp³-hybridized carbons (Fsp3) is 0.450. The fourth-order valence-corrected chi connectivity index (χ4v) is 4.42. The minimum absolute atomic E-state index is 0.0157. The highest BCUT2D eigenvalue weighted by Crippen LogP contribution is 2.27. The average Bonchev–Trinajstić information content (AvgIpc) is 3.42. The number of amides is 1. The van der Waals surface area contributed by atoms with Crippen LogP contribution in [0.5, 0.6) is 0 Å². The van der Waals surface area contributed by atoms with Gasteiger partial charge in [-0.05, 0) is 24.0 Å². The molecule has 4 rings (SSSR count). The van der Waals surface area contributed by atoms with E-state index in [1.165, 1.54) is 48.4 Å². The van der Waals surface area contributed by atoms with Crippen LogP contribution in [-0.4, -0.2) is 38.4 Å². The van der Waals surface area contributed by atoms with E-state index in [0.29, 0.717) is 17.5 Å². The molecule has 1 fully saturated rings. The molecule has 6 nitrogen and oxygen atoms in total. The molecular formula is C20H25N5OS. The number of aromatic nitrogens is 4. The van der Waals surface area contributed by atoms with E-state index in [4.69, 9.17) is 0 Å². The first-order chi connectivity index (χ1) is 13.3. The lowest BCUT2D eigenvalue weighted by Gasteiger charge is -2.04. The molecule has 1 amide bonds. The summed E-state index contributed by atoms with van der Waals surface area (Å²) in [5.41, 5.74) is 2.36. The van der Waals surface area contributed by atoms with Crippen LogP contribution in [0.2, 0.25) is 0 Å². The Balaban J connectivity index is 1.19. The lowest BCUT2D eigenvalue weighted by molar-refractivity contribution is -0.118. The molecule has 1 aromatic carbocycles. The van der Waals surface area contributed by atoms with Crippen LogP contribution in [0.4, 0.5) is 0 Å². The smallest absolute Gasteiger partial charge is 0.230 e. The number of aromatic amines is 2. The van der Waals surface area contributed by atoms with Crippen LogP contribution >= 0.6 is 11.8 Å². The second-order valence-corrected chi connectivity index (χ2v) is 8.11. The largest absolute Gasteiger partial charge is 0.361 e. The Bertz CT molecular complexity index is 897. The van der Waals surface area contributed by atoms with Crippen LogP contribution in [0.1, 0.15) is 37.1 Å². The molecule has 0 saturated heterocycles. The molecule has 0 aliphatic heterocycles. The molecule has 7 heteroatoms. The predicted octanol–water partition coefficient (Wildman–Crippen LogP) is 3.47. The number of hydrogen-bond donors (Lipinski definition) is 3. The summed E-state index contributed by atoms with van der Waals surface area (Å²) in [5, 5.41) is 12.1. The van der Waals surface area contributed by atoms with Gasteiger partial charge in [-0.15, -0.1) is 5.10 Å². The molecular weight excluding hydrogens is 358 g/mol. The molecule has 1 aliphatic carbocycles. The van der Waals surface area contributed by atoms with Gasteiger partial charge in [-0.1, -0.05) is 55.6 Å². The second-order valence-electron chi connectivity index (χ2n) is 7.17. The van der Waals surface area contributed by atoms with Gasteiger partial charge in [0, 0.05) is 30.1 Å². The van der Waals surface area contributed by atoms with E-state index in [2.05, 4.69) is 37.6 Å². The van der Waals surface area contributed by atoms with Gasteiger partial charge < -0.3 is 10.3 Å². The molecule has 2 heterocycles. The SMILES string of the molecule is O=C(CSc1n[nH]c(CC2CCCC2)n1)NCCc1c[nH]c2ccccc12. The van der Waals surface area contributed by atoms with Crippen LogP contribution in [0.15, 0.2) is 35.6 Å². The van der Waals surface area contributed by atoms with Gasteiger partial charge in [0.1, 0.15) is 5.82 Å². The van der Waals surface area contributed by atoms with Crippen molar-refractivity contribution in [1.82, 2.24) is 25.5 Å². The number of carbonyl (C=O) groups excluding carboxylic acids is 1. The van der Waals surface area contributed by atoms with Crippen LogP contribution < -0.4 is 5.32 Å². The number of nitrogens with zero attached hydrogens (tertiary/aromatic N) is 2. The zero-order chi connectivity index (χ0) is 18.5. The van der Waals surface area contributed by atoms with Crippen molar-refractivity contribution in [3.05, 3.63) is 41.9 Å². The zero-order valence-electron chi connectivity index (χ0n) is 15.3. The van der Waals surface area contributed by atoms with Crippen molar-refractivity contribution in [2.75, 3.05) is 12.3 Å². The molecule has 3 aromatic rings. The lowest BCUT2D eigenvalue weighted by atomic mass is 10.0. The Hall–Kier alpha value is -2.28. The summed E-state index contributed by atoms with van der Waals surface area (Å²) in [4.78, 5) is 19.9. The van der Waals surface area contributed by atoms with E-state index in [-0.39, 0.29) is 5.91 Å². The van der Waals surface area contributed by atoms with Crippen LogP contribution in [0.25, 0.3) is 10.9 Å². The van der Waals surface area contributed by atoms with Gasteiger partial charge in [0.2, 0.25) is 11.1 Å². The number of carbonyl (C=O) groups is 1. The number of hydrogen-bond acceptors (Lipinski definition) is 4. The Morgan fingerprint density at radius 3 is 3.00 bits per heavy atom. The van der Waals surface area contributed by atoms with Crippen molar-refractivity contribution in [3.63, 3.8) is 0 Å². The maximum absolute atomic E-state index is 12.1. The zero-order valence-corrected chi connectivity index (χ0v) is 16.1. The molecule has 1 saturated carbocycles. The van der Waals surface area contributed by atoms with E-state index in [1.54, 1.807) is 0 Å². The summed E-state index contributed by atoms with van der Waals surface area (Å²) in [6.45, 7) is 0.627. The Labute approximate surface area is 162 Å². The van der Waals surface area contributed by atoms with Gasteiger partial charge in [0.25, 0.3) is 0 Å². The molecule has 27 heavy (non-hydrogen) atoms. The summed E-state index contributed by atoms with van der Waals surface area (Å²) in [5.74, 6) is 2.05. The second kappa shape index (κ2) is 8.61. The highest BCUT2D eigenvalue weighted by Gasteiger charge is 2.17. The lowest BCUT2D eigenvalue weighted by Crippen LogP contribution is -2.27. The molecule has 3 N–H and O–H groups in total. The van der Waals surface area contributed by atoms with Crippen molar-refractivity contribution >= 4 is 28.6 Å². The minimum atomic E-state index is 0.0157. The monoisotopic (exact) mass is 383 g/mol. The summed E-state index contributed by atoms with van der Waals surface area (Å²) in [6, 6.07) is 8.22. The first-order valence-corrected chi connectivity index (χ1v) is 10.6. The minimum Gasteiger partial charge on any atom is -0.361 e. The number of thioether (sulfide) groups is 1. The van der Waals surface area contributed by atoms with E-state index in [1.807, 2.05) is 18.3 Å². The van der Waals surface area contributed by atoms with Gasteiger partial charge in [0.15, 0.2) is 0 Å².